The summed E-state index contributed by atoms with van der Waals surface area (Å²) in [6, 6.07) is 0. The van der Waals surface area contributed by atoms with Gasteiger partial charge in [-0.1, -0.05) is 46.3 Å². The maximum Gasteiger partial charge on any atom is 0.0577 e. The molecule has 29 heavy (non-hydrogen) atoms. The van der Waals surface area contributed by atoms with Gasteiger partial charge in [0.15, 0.2) is 0 Å². The molecule has 166 valence electrons. The molecule has 0 aliphatic heterocycles. The largest absolute Gasteiger partial charge is 0.393 e. The zero-order valence-electron chi connectivity index (χ0n) is 19.7. The van der Waals surface area contributed by atoms with Crippen molar-refractivity contribution < 1.29 is 10.2 Å². The summed E-state index contributed by atoms with van der Waals surface area (Å²) in [4.78, 5) is 0. The van der Waals surface area contributed by atoms with Crippen LogP contribution in [0, 0.1) is 46.3 Å². The molecular formula is C27H46O2. The molecule has 4 aliphatic rings. The third-order valence-corrected chi connectivity index (χ3v) is 10.4. The van der Waals surface area contributed by atoms with E-state index in [1.54, 1.807) is 5.57 Å². The Morgan fingerprint density at radius 1 is 1.00 bits per heavy atom. The first-order valence-corrected chi connectivity index (χ1v) is 12.7. The summed E-state index contributed by atoms with van der Waals surface area (Å²) in [5, 5.41) is 21.2. The summed E-state index contributed by atoms with van der Waals surface area (Å²) in [5.41, 5.74) is 2.33. The normalized spacial score (nSPS) is 46.5. The summed E-state index contributed by atoms with van der Waals surface area (Å²) in [5.74, 6) is 4.25. The van der Waals surface area contributed by atoms with Crippen LogP contribution < -0.4 is 0 Å². The molecule has 9 atom stereocenters. The van der Waals surface area contributed by atoms with Crippen LogP contribution in [0.25, 0.3) is 0 Å². The van der Waals surface area contributed by atoms with E-state index in [0.29, 0.717) is 28.6 Å². The van der Waals surface area contributed by atoms with Crippen LogP contribution in [0.5, 0.6) is 0 Å². The van der Waals surface area contributed by atoms with Crippen LogP contribution in [-0.4, -0.2) is 22.4 Å². The standard InChI is InChI=1S/C27H46O2/c1-17(2)6-11-25(29)18(3)22-9-10-23-21-8-7-19-16-20(28)12-14-26(19,4)24(21)13-15-27(22,23)5/h7,17-18,20-25,28-29H,6,8-16H2,1-5H3/t18-,20?,21-,22+,23-,24-,25?,26-,27+/m0/s1. The molecule has 0 aromatic heterocycles. The average Bonchev–Trinajstić information content (AvgIpc) is 3.03. The quantitative estimate of drug-likeness (QED) is 0.525. The lowest BCUT2D eigenvalue weighted by molar-refractivity contribution is -0.0681. The fraction of sp³-hybridized carbons (Fsp3) is 0.926. The van der Waals surface area contributed by atoms with Gasteiger partial charge in [0.1, 0.15) is 0 Å². The Kier molecular flexibility index (Phi) is 6.01. The SMILES string of the molecule is CC(C)CCC(O)[C@@H](C)[C@H]1CC[C@H]2[C@@H]3CC=C4CC(O)CC[C@]4(C)[C@H]3CC[C@]12C. The summed E-state index contributed by atoms with van der Waals surface area (Å²) >= 11 is 0. The van der Waals surface area contributed by atoms with E-state index < -0.39 is 0 Å². The van der Waals surface area contributed by atoms with Crippen molar-refractivity contribution in [1.82, 2.24) is 0 Å². The topological polar surface area (TPSA) is 40.5 Å². The van der Waals surface area contributed by atoms with Crippen molar-refractivity contribution in [3.8, 4) is 0 Å². The first-order chi connectivity index (χ1) is 13.7. The predicted molar refractivity (Wildman–Crippen MR) is 120 cm³/mol. The number of rotatable bonds is 5. The fourth-order valence-electron chi connectivity index (χ4n) is 8.58. The fourth-order valence-corrected chi connectivity index (χ4v) is 8.58. The van der Waals surface area contributed by atoms with Crippen molar-refractivity contribution in [2.45, 2.75) is 111 Å². The van der Waals surface area contributed by atoms with Crippen LogP contribution >= 0.6 is 0 Å². The van der Waals surface area contributed by atoms with Gasteiger partial charge >= 0.3 is 0 Å². The molecule has 0 bridgehead atoms. The van der Waals surface area contributed by atoms with Gasteiger partial charge in [-0.2, -0.15) is 0 Å². The second kappa shape index (κ2) is 7.97. The van der Waals surface area contributed by atoms with E-state index in [4.69, 9.17) is 0 Å². The van der Waals surface area contributed by atoms with Gasteiger partial charge in [0, 0.05) is 0 Å². The van der Waals surface area contributed by atoms with Gasteiger partial charge in [-0.15, -0.1) is 0 Å². The van der Waals surface area contributed by atoms with Crippen molar-refractivity contribution in [3.05, 3.63) is 11.6 Å². The maximum atomic E-state index is 11.0. The summed E-state index contributed by atoms with van der Waals surface area (Å²) in [6.45, 7) is 12.0. The van der Waals surface area contributed by atoms with Gasteiger partial charge in [0.25, 0.3) is 0 Å². The highest BCUT2D eigenvalue weighted by atomic mass is 16.3. The zero-order valence-corrected chi connectivity index (χ0v) is 19.7. The molecule has 2 unspecified atom stereocenters. The minimum Gasteiger partial charge on any atom is -0.393 e. The molecule has 3 saturated carbocycles. The third-order valence-electron chi connectivity index (χ3n) is 10.4. The van der Waals surface area contributed by atoms with Gasteiger partial charge in [0.05, 0.1) is 12.2 Å². The van der Waals surface area contributed by atoms with Gasteiger partial charge in [0.2, 0.25) is 0 Å². The van der Waals surface area contributed by atoms with Gasteiger partial charge in [-0.25, -0.2) is 0 Å². The van der Waals surface area contributed by atoms with Gasteiger partial charge in [-0.05, 0) is 111 Å². The first kappa shape index (κ1) is 21.9. The Morgan fingerprint density at radius 2 is 1.76 bits per heavy atom. The number of hydrogen-bond donors (Lipinski definition) is 2. The Balaban J connectivity index is 1.51. The molecule has 3 fully saturated rings. The highest BCUT2D eigenvalue weighted by Gasteiger charge is 2.59. The second-order valence-corrected chi connectivity index (χ2v) is 12.3. The molecule has 0 radical (unpaired) electrons. The lowest BCUT2D eigenvalue weighted by atomic mass is 9.47. The van der Waals surface area contributed by atoms with Crippen molar-refractivity contribution in [3.63, 3.8) is 0 Å². The summed E-state index contributed by atoms with van der Waals surface area (Å²) in [7, 11) is 0. The van der Waals surface area contributed by atoms with Crippen LogP contribution in [0.15, 0.2) is 11.6 Å². The van der Waals surface area contributed by atoms with Crippen LogP contribution in [0.2, 0.25) is 0 Å². The van der Waals surface area contributed by atoms with Crippen LogP contribution in [-0.2, 0) is 0 Å². The van der Waals surface area contributed by atoms with E-state index in [1.165, 1.54) is 38.5 Å². The highest BCUT2D eigenvalue weighted by molar-refractivity contribution is 5.25. The van der Waals surface area contributed by atoms with Gasteiger partial charge < -0.3 is 10.2 Å². The molecule has 0 aromatic carbocycles. The number of aliphatic hydroxyl groups is 2. The number of fused-ring (bicyclic) bond motifs is 5. The lowest BCUT2D eigenvalue weighted by Crippen LogP contribution is -2.51. The number of hydrogen-bond acceptors (Lipinski definition) is 2. The molecule has 0 amide bonds. The first-order valence-electron chi connectivity index (χ1n) is 12.7. The smallest absolute Gasteiger partial charge is 0.0577 e. The third kappa shape index (κ3) is 3.65. The monoisotopic (exact) mass is 402 g/mol. The van der Waals surface area contributed by atoms with E-state index in [0.717, 1.165) is 43.4 Å². The van der Waals surface area contributed by atoms with Crippen molar-refractivity contribution in [1.29, 1.82) is 0 Å². The zero-order chi connectivity index (χ0) is 21.0. The molecule has 2 nitrogen and oxygen atoms in total. The van der Waals surface area contributed by atoms with Gasteiger partial charge in [-0.3, -0.25) is 0 Å². The summed E-state index contributed by atoms with van der Waals surface area (Å²) < 4.78 is 0. The molecule has 0 spiro atoms. The molecule has 0 heterocycles. The number of allylic oxidation sites excluding steroid dienone is 1. The molecule has 4 rings (SSSR count). The Bertz CT molecular complexity index is 624. The minimum atomic E-state index is -0.133. The molecular weight excluding hydrogens is 356 g/mol. The Labute approximate surface area is 179 Å². The Hall–Kier alpha value is -0.340. The molecule has 2 N–H and O–H groups in total. The van der Waals surface area contributed by atoms with E-state index in [9.17, 15) is 10.2 Å². The van der Waals surface area contributed by atoms with Crippen molar-refractivity contribution in [2.75, 3.05) is 0 Å². The lowest BCUT2D eigenvalue weighted by Gasteiger charge is -2.58. The highest BCUT2D eigenvalue weighted by Crippen LogP contribution is 2.67. The molecule has 0 saturated heterocycles. The Morgan fingerprint density at radius 3 is 2.48 bits per heavy atom. The second-order valence-electron chi connectivity index (χ2n) is 12.3. The van der Waals surface area contributed by atoms with Crippen LogP contribution in [0.3, 0.4) is 0 Å². The van der Waals surface area contributed by atoms with E-state index >= 15 is 0 Å². The average molecular weight is 403 g/mol. The maximum absolute atomic E-state index is 11.0. The molecule has 4 aliphatic carbocycles. The predicted octanol–water partition coefficient (Wildman–Crippen LogP) is 6.36. The van der Waals surface area contributed by atoms with Crippen molar-refractivity contribution >= 4 is 0 Å². The van der Waals surface area contributed by atoms with Crippen LogP contribution in [0.1, 0.15) is 98.8 Å². The molecule has 2 heteroatoms. The van der Waals surface area contributed by atoms with Crippen LogP contribution in [0.4, 0.5) is 0 Å². The molecule has 0 aromatic rings. The summed E-state index contributed by atoms with van der Waals surface area (Å²) in [6.07, 6.45) is 14.1. The van der Waals surface area contributed by atoms with Crippen molar-refractivity contribution in [2.24, 2.45) is 46.3 Å². The van der Waals surface area contributed by atoms with E-state index in [1.807, 2.05) is 0 Å². The van der Waals surface area contributed by atoms with E-state index in [-0.39, 0.29) is 12.2 Å². The van der Waals surface area contributed by atoms with E-state index in [2.05, 4.69) is 40.7 Å². The number of aliphatic hydroxyl groups excluding tert-OH is 2. The minimum absolute atomic E-state index is 0.108.